The second-order valence-electron chi connectivity index (χ2n) is 8.45. The van der Waals surface area contributed by atoms with Gasteiger partial charge in [0, 0.05) is 26.7 Å². The van der Waals surface area contributed by atoms with Crippen molar-refractivity contribution in [3.63, 3.8) is 0 Å². The molecule has 0 saturated heterocycles. The summed E-state index contributed by atoms with van der Waals surface area (Å²) in [5, 5.41) is 2.92. The van der Waals surface area contributed by atoms with E-state index < -0.39 is 28.7 Å². The van der Waals surface area contributed by atoms with Gasteiger partial charge in [0.05, 0.1) is 5.69 Å². The Morgan fingerprint density at radius 3 is 2.03 bits per heavy atom. The molecule has 2 amide bonds. The van der Waals surface area contributed by atoms with Crippen molar-refractivity contribution in [3.8, 4) is 0 Å². The number of para-hydroxylation sites is 1. The summed E-state index contributed by atoms with van der Waals surface area (Å²) in [6.07, 6.45) is 1.30. The fraction of sp³-hybridized carbons (Fsp3) is 0.440. The van der Waals surface area contributed by atoms with E-state index in [9.17, 15) is 18.0 Å². The Morgan fingerprint density at radius 2 is 1.50 bits per heavy atom. The van der Waals surface area contributed by atoms with Crippen molar-refractivity contribution in [1.29, 1.82) is 0 Å². The zero-order chi connectivity index (χ0) is 25.3. The van der Waals surface area contributed by atoms with Gasteiger partial charge in [-0.1, -0.05) is 55.5 Å². The van der Waals surface area contributed by atoms with Gasteiger partial charge in [-0.05, 0) is 44.4 Å². The van der Waals surface area contributed by atoms with Crippen LogP contribution in [0.15, 0.2) is 60.7 Å². The number of nitrogens with one attached hydrogen (secondary N) is 1. The van der Waals surface area contributed by atoms with E-state index in [4.69, 9.17) is 0 Å². The first-order valence-corrected chi connectivity index (χ1v) is 12.9. The quantitative estimate of drug-likeness (QED) is 0.497. The summed E-state index contributed by atoms with van der Waals surface area (Å²) in [7, 11) is -1.09. The molecule has 8 nitrogen and oxygen atoms in total. The number of anilines is 1. The van der Waals surface area contributed by atoms with Crippen LogP contribution in [0.1, 0.15) is 32.8 Å². The number of nitrogens with zero attached hydrogens (tertiary/aromatic N) is 3. The number of hydrogen-bond donors (Lipinski definition) is 1. The summed E-state index contributed by atoms with van der Waals surface area (Å²) in [6.45, 7) is 5.41. The van der Waals surface area contributed by atoms with Gasteiger partial charge in [0.25, 0.3) is 0 Å². The average Bonchev–Trinajstić information content (AvgIpc) is 2.83. The van der Waals surface area contributed by atoms with Crippen molar-refractivity contribution in [2.45, 2.75) is 45.7 Å². The zero-order valence-corrected chi connectivity index (χ0v) is 21.5. The predicted molar refractivity (Wildman–Crippen MR) is 136 cm³/mol. The van der Waals surface area contributed by atoms with E-state index >= 15 is 0 Å². The van der Waals surface area contributed by atoms with E-state index in [0.717, 1.165) is 20.6 Å². The fourth-order valence-corrected chi connectivity index (χ4v) is 4.40. The van der Waals surface area contributed by atoms with E-state index in [1.165, 1.54) is 19.0 Å². The van der Waals surface area contributed by atoms with Gasteiger partial charge in [-0.2, -0.15) is 12.7 Å². The maximum absolute atomic E-state index is 13.5. The molecule has 0 aliphatic rings. The van der Waals surface area contributed by atoms with Gasteiger partial charge in [0.2, 0.25) is 11.8 Å². The van der Waals surface area contributed by atoms with Crippen LogP contribution in [-0.4, -0.2) is 68.7 Å². The molecule has 0 heterocycles. The van der Waals surface area contributed by atoms with Crippen LogP contribution in [0.2, 0.25) is 0 Å². The number of amides is 2. The number of carbonyl (C=O) groups excluding carboxylic acids is 2. The van der Waals surface area contributed by atoms with Crippen molar-refractivity contribution in [3.05, 3.63) is 66.2 Å². The van der Waals surface area contributed by atoms with Gasteiger partial charge in [0.1, 0.15) is 12.6 Å². The van der Waals surface area contributed by atoms with E-state index in [1.54, 1.807) is 37.3 Å². The Bertz CT molecular complexity index is 1030. The molecule has 2 aromatic rings. The molecule has 0 saturated carbocycles. The molecule has 0 aliphatic carbocycles. The van der Waals surface area contributed by atoms with Gasteiger partial charge in [-0.15, -0.1) is 0 Å². The lowest BCUT2D eigenvalue weighted by atomic mass is 10.1. The molecule has 9 heteroatoms. The number of benzene rings is 2. The topological polar surface area (TPSA) is 90.0 Å². The van der Waals surface area contributed by atoms with Gasteiger partial charge in [-0.3, -0.25) is 9.59 Å². The number of carbonyl (C=O) groups is 2. The number of hydrogen-bond acceptors (Lipinski definition) is 4. The Morgan fingerprint density at radius 1 is 0.941 bits per heavy atom. The predicted octanol–water partition coefficient (Wildman–Crippen LogP) is 2.67. The van der Waals surface area contributed by atoms with Crippen molar-refractivity contribution in [1.82, 2.24) is 14.5 Å². The third-order valence-electron chi connectivity index (χ3n) is 5.72. The Hall–Kier alpha value is -2.91. The van der Waals surface area contributed by atoms with Crippen LogP contribution >= 0.6 is 0 Å². The largest absolute Gasteiger partial charge is 0.352 e. The Kier molecular flexibility index (Phi) is 10.1. The molecule has 2 aromatic carbocycles. The van der Waals surface area contributed by atoms with Crippen molar-refractivity contribution in [2.75, 3.05) is 31.5 Å². The van der Waals surface area contributed by atoms with Crippen molar-refractivity contribution >= 4 is 27.7 Å². The molecule has 2 atom stereocenters. The molecule has 0 radical (unpaired) electrons. The highest BCUT2D eigenvalue weighted by molar-refractivity contribution is 7.90. The second kappa shape index (κ2) is 12.5. The maximum atomic E-state index is 13.5. The summed E-state index contributed by atoms with van der Waals surface area (Å²) < 4.78 is 28.3. The fourth-order valence-electron chi connectivity index (χ4n) is 3.35. The van der Waals surface area contributed by atoms with Crippen molar-refractivity contribution < 1.29 is 18.0 Å². The zero-order valence-electron chi connectivity index (χ0n) is 20.6. The molecule has 0 spiro atoms. The van der Waals surface area contributed by atoms with E-state index in [0.29, 0.717) is 12.1 Å². The normalized spacial score (nSPS) is 13.2. The molecule has 186 valence electrons. The first kappa shape index (κ1) is 27.3. The van der Waals surface area contributed by atoms with Crippen LogP contribution in [0.4, 0.5) is 5.69 Å². The monoisotopic (exact) mass is 488 g/mol. The van der Waals surface area contributed by atoms with Crippen LogP contribution in [0.25, 0.3) is 0 Å². The molecule has 1 N–H and O–H groups in total. The first-order valence-electron chi connectivity index (χ1n) is 11.5. The van der Waals surface area contributed by atoms with Crippen LogP contribution in [0.3, 0.4) is 0 Å². The molecule has 0 aromatic heterocycles. The minimum Gasteiger partial charge on any atom is -0.352 e. The molecule has 0 unspecified atom stereocenters. The summed E-state index contributed by atoms with van der Waals surface area (Å²) in [6, 6.07) is 17.4. The summed E-state index contributed by atoms with van der Waals surface area (Å²) in [5.41, 5.74) is 1.40. The van der Waals surface area contributed by atoms with Crippen LogP contribution < -0.4 is 9.62 Å². The molecule has 34 heavy (non-hydrogen) atoms. The highest BCUT2D eigenvalue weighted by Gasteiger charge is 2.32. The standard InChI is InChI=1S/C25H36N4O4S/c1-6-20(2)26-25(31)21(3)28(18-17-22-13-9-7-10-14-22)24(30)19-29(34(32,33)27(4)5)23-15-11-8-12-16-23/h7-16,20-21H,6,17-19H2,1-5H3,(H,26,31)/t20-,21-/m0/s1. The van der Waals surface area contributed by atoms with Crippen LogP contribution in [0.5, 0.6) is 0 Å². The molecular weight excluding hydrogens is 452 g/mol. The highest BCUT2D eigenvalue weighted by atomic mass is 32.2. The Balaban J connectivity index is 2.34. The molecular formula is C25H36N4O4S. The van der Waals surface area contributed by atoms with Crippen molar-refractivity contribution in [2.24, 2.45) is 0 Å². The second-order valence-corrected chi connectivity index (χ2v) is 10.5. The minimum atomic E-state index is -3.94. The highest BCUT2D eigenvalue weighted by Crippen LogP contribution is 2.20. The van der Waals surface area contributed by atoms with E-state index in [2.05, 4.69) is 5.32 Å². The smallest absolute Gasteiger partial charge is 0.304 e. The lowest BCUT2D eigenvalue weighted by Gasteiger charge is -2.33. The SMILES string of the molecule is CC[C@H](C)NC(=O)[C@H](C)N(CCc1ccccc1)C(=O)CN(c1ccccc1)S(=O)(=O)N(C)C. The lowest BCUT2D eigenvalue weighted by molar-refractivity contribution is -0.139. The number of rotatable bonds is 12. The molecule has 2 rings (SSSR count). The summed E-state index contributed by atoms with van der Waals surface area (Å²) in [5.74, 6) is -0.713. The molecule has 0 fully saturated rings. The van der Waals surface area contributed by atoms with Gasteiger partial charge in [0.15, 0.2) is 0 Å². The van der Waals surface area contributed by atoms with Gasteiger partial charge in [-0.25, -0.2) is 4.31 Å². The molecule has 0 bridgehead atoms. The average molecular weight is 489 g/mol. The third-order valence-corrected chi connectivity index (χ3v) is 7.54. The third kappa shape index (κ3) is 7.30. The van der Waals surface area contributed by atoms with E-state index in [1.807, 2.05) is 44.2 Å². The Labute approximate surface area is 203 Å². The van der Waals surface area contributed by atoms with Gasteiger partial charge >= 0.3 is 10.2 Å². The van der Waals surface area contributed by atoms with E-state index in [-0.39, 0.29) is 18.5 Å². The lowest BCUT2D eigenvalue weighted by Crippen LogP contribution is -2.54. The van der Waals surface area contributed by atoms with Crippen LogP contribution in [-0.2, 0) is 26.2 Å². The maximum Gasteiger partial charge on any atom is 0.304 e. The summed E-state index contributed by atoms with van der Waals surface area (Å²) in [4.78, 5) is 27.9. The van der Waals surface area contributed by atoms with Gasteiger partial charge < -0.3 is 10.2 Å². The molecule has 0 aliphatic heterocycles. The summed E-state index contributed by atoms with van der Waals surface area (Å²) >= 11 is 0. The van der Waals surface area contributed by atoms with Crippen LogP contribution in [0, 0.1) is 0 Å². The minimum absolute atomic E-state index is 0.0315. The first-order chi connectivity index (χ1) is 16.1.